The van der Waals surface area contributed by atoms with E-state index < -0.39 is 16.0 Å². The van der Waals surface area contributed by atoms with Crippen molar-refractivity contribution >= 4 is 10.1 Å². The van der Waals surface area contributed by atoms with E-state index in [-0.39, 0.29) is 29.6 Å². The molecule has 5 nitrogen and oxygen atoms in total. The molecular weight excluding hydrogens is 277 g/mol. The summed E-state index contributed by atoms with van der Waals surface area (Å²) in [6, 6.07) is 0. The molecule has 7 heteroatoms. The Morgan fingerprint density at radius 3 is 1.95 bits per heavy atom. The number of aliphatic hydroxyl groups is 1. The van der Waals surface area contributed by atoms with Crippen LogP contribution >= 0.6 is 0 Å². The minimum absolute atomic E-state index is 0. The SMILES string of the molecule is CCCCCCCCC(C)CO.NCS(=O)(=O)[O-].[Na+]. The van der Waals surface area contributed by atoms with Crippen LogP contribution in [0.15, 0.2) is 0 Å². The van der Waals surface area contributed by atoms with Crippen LogP contribution < -0.4 is 35.3 Å². The van der Waals surface area contributed by atoms with Gasteiger partial charge in [-0.2, -0.15) is 0 Å². The first kappa shape index (κ1) is 24.8. The van der Waals surface area contributed by atoms with Crippen molar-refractivity contribution in [3.8, 4) is 0 Å². The number of rotatable bonds is 9. The Bertz CT molecular complexity index is 260. The van der Waals surface area contributed by atoms with E-state index in [9.17, 15) is 13.0 Å². The first-order chi connectivity index (χ1) is 8.37. The zero-order valence-electron chi connectivity index (χ0n) is 12.6. The summed E-state index contributed by atoms with van der Waals surface area (Å²) in [5, 5.41) is 8.78. The Hall–Kier alpha value is 0.830. The van der Waals surface area contributed by atoms with Gasteiger partial charge in [0.2, 0.25) is 0 Å². The van der Waals surface area contributed by atoms with Gasteiger partial charge in [-0.15, -0.1) is 0 Å². The van der Waals surface area contributed by atoms with E-state index in [1.54, 1.807) is 0 Å². The molecule has 1 unspecified atom stereocenters. The average molecular weight is 305 g/mol. The van der Waals surface area contributed by atoms with Gasteiger partial charge in [0.15, 0.2) is 0 Å². The van der Waals surface area contributed by atoms with Gasteiger partial charge in [0.1, 0.15) is 10.1 Å². The molecule has 0 aliphatic heterocycles. The molecule has 0 amide bonds. The number of aliphatic hydroxyl groups excluding tert-OH is 1. The number of nitrogens with two attached hydrogens (primary N) is 1. The summed E-state index contributed by atoms with van der Waals surface area (Å²) < 4.78 is 28.0. The van der Waals surface area contributed by atoms with Crippen LogP contribution in [0.5, 0.6) is 0 Å². The first-order valence-corrected chi connectivity index (χ1v) is 8.19. The van der Waals surface area contributed by atoms with E-state index in [4.69, 9.17) is 5.11 Å². The molecule has 19 heavy (non-hydrogen) atoms. The third kappa shape index (κ3) is 27.9. The van der Waals surface area contributed by atoms with E-state index in [2.05, 4.69) is 19.6 Å². The van der Waals surface area contributed by atoms with E-state index in [0.717, 1.165) is 0 Å². The van der Waals surface area contributed by atoms with Crippen molar-refractivity contribution in [2.75, 3.05) is 12.5 Å². The third-order valence-electron chi connectivity index (χ3n) is 2.57. The zero-order valence-corrected chi connectivity index (χ0v) is 15.4. The van der Waals surface area contributed by atoms with Crippen LogP contribution in [0.4, 0.5) is 0 Å². The Kier molecular flexibility index (Phi) is 22.1. The molecule has 3 N–H and O–H groups in total. The summed E-state index contributed by atoms with van der Waals surface area (Å²) in [6.07, 6.45) is 9.33. The molecule has 0 radical (unpaired) electrons. The van der Waals surface area contributed by atoms with Gasteiger partial charge in [-0.25, -0.2) is 8.42 Å². The number of hydrogen-bond donors (Lipinski definition) is 2. The maximum Gasteiger partial charge on any atom is 1.00 e. The van der Waals surface area contributed by atoms with Crippen LogP contribution in [0, 0.1) is 5.92 Å². The molecule has 0 aliphatic carbocycles. The Balaban J connectivity index is -0.000000313. The fourth-order valence-corrected chi connectivity index (χ4v) is 1.36. The molecule has 0 saturated heterocycles. The second-order valence-electron chi connectivity index (χ2n) is 4.57. The molecule has 0 aromatic rings. The molecule has 1 atom stereocenters. The fourth-order valence-electron chi connectivity index (χ4n) is 1.36. The normalized spacial score (nSPS) is 12.1. The van der Waals surface area contributed by atoms with E-state index in [1.807, 2.05) is 0 Å². The summed E-state index contributed by atoms with van der Waals surface area (Å²) in [5.41, 5.74) is 4.41. The van der Waals surface area contributed by atoms with Crippen LogP contribution in [0.25, 0.3) is 0 Å². The van der Waals surface area contributed by atoms with Gasteiger partial charge in [-0.3, -0.25) is 0 Å². The smallest absolute Gasteiger partial charge is 0.747 e. The van der Waals surface area contributed by atoms with Gasteiger partial charge in [0.05, 0.1) is 5.88 Å². The molecule has 0 saturated carbocycles. The molecule has 0 bridgehead atoms. The summed E-state index contributed by atoms with van der Waals surface area (Å²) in [6.45, 7) is 4.72. The molecular formula is C12H28NNaO4S. The summed E-state index contributed by atoms with van der Waals surface area (Å²) in [7, 11) is -4.13. The van der Waals surface area contributed by atoms with Gasteiger partial charge in [0.25, 0.3) is 0 Å². The van der Waals surface area contributed by atoms with Crippen LogP contribution in [0.1, 0.15) is 58.8 Å². The molecule has 0 rings (SSSR count). The Morgan fingerprint density at radius 2 is 1.58 bits per heavy atom. The summed E-state index contributed by atoms with van der Waals surface area (Å²) in [4.78, 5) is 0. The van der Waals surface area contributed by atoms with Crippen LogP contribution in [0.3, 0.4) is 0 Å². The maximum atomic E-state index is 9.32. The van der Waals surface area contributed by atoms with Crippen LogP contribution in [-0.4, -0.2) is 30.6 Å². The fraction of sp³-hybridized carbons (Fsp3) is 1.00. The standard InChI is InChI=1S/C11H24O.CH5NO3S.Na/c1-3-4-5-6-7-8-9-11(2)10-12;2-1-6(3,4)5;/h11-12H,3-10H2,1-2H3;1-2H2,(H,3,4,5);/q;;+1/p-1. The van der Waals surface area contributed by atoms with Crippen LogP contribution in [0.2, 0.25) is 0 Å². The zero-order chi connectivity index (χ0) is 14.4. The Labute approximate surface area is 140 Å². The maximum absolute atomic E-state index is 9.32. The molecule has 112 valence electrons. The van der Waals surface area contributed by atoms with Crippen molar-refractivity contribution in [2.24, 2.45) is 11.7 Å². The van der Waals surface area contributed by atoms with Gasteiger partial charge in [-0.05, 0) is 12.3 Å². The minimum Gasteiger partial charge on any atom is -0.747 e. The molecule has 0 aliphatic rings. The van der Waals surface area contributed by atoms with Crippen molar-refractivity contribution in [2.45, 2.75) is 58.8 Å². The van der Waals surface area contributed by atoms with E-state index in [1.165, 1.54) is 44.9 Å². The van der Waals surface area contributed by atoms with Crippen molar-refractivity contribution in [1.29, 1.82) is 0 Å². The summed E-state index contributed by atoms with van der Waals surface area (Å²) in [5.74, 6) is -0.302. The van der Waals surface area contributed by atoms with Gasteiger partial charge < -0.3 is 15.4 Å². The number of hydrogen-bond acceptors (Lipinski definition) is 5. The van der Waals surface area contributed by atoms with Gasteiger partial charge in [-0.1, -0.05) is 52.4 Å². The molecule has 0 spiro atoms. The van der Waals surface area contributed by atoms with E-state index in [0.29, 0.717) is 12.5 Å². The van der Waals surface area contributed by atoms with Crippen LogP contribution in [-0.2, 0) is 10.1 Å². The quantitative estimate of drug-likeness (QED) is 0.317. The summed E-state index contributed by atoms with van der Waals surface area (Å²) >= 11 is 0. The minimum atomic E-state index is -4.13. The third-order valence-corrected chi connectivity index (χ3v) is 2.97. The Morgan fingerprint density at radius 1 is 1.16 bits per heavy atom. The van der Waals surface area contributed by atoms with Crippen molar-refractivity contribution in [3.05, 3.63) is 0 Å². The van der Waals surface area contributed by atoms with Gasteiger partial charge >= 0.3 is 29.6 Å². The monoisotopic (exact) mass is 305 g/mol. The largest absolute Gasteiger partial charge is 1.00 e. The van der Waals surface area contributed by atoms with Crippen molar-refractivity contribution in [3.63, 3.8) is 0 Å². The molecule has 0 fully saturated rings. The van der Waals surface area contributed by atoms with E-state index >= 15 is 0 Å². The van der Waals surface area contributed by atoms with Crippen molar-refractivity contribution in [1.82, 2.24) is 0 Å². The number of unbranched alkanes of at least 4 members (excludes halogenated alkanes) is 5. The topological polar surface area (TPSA) is 103 Å². The van der Waals surface area contributed by atoms with Crippen molar-refractivity contribution < 1.29 is 47.6 Å². The predicted molar refractivity (Wildman–Crippen MR) is 73.0 cm³/mol. The second-order valence-corrected chi connectivity index (χ2v) is 6.02. The molecule has 0 aromatic carbocycles. The average Bonchev–Trinajstić information content (AvgIpc) is 2.33. The second kappa shape index (κ2) is 16.9. The molecule has 0 heterocycles. The van der Waals surface area contributed by atoms with Gasteiger partial charge in [0, 0.05) is 6.61 Å². The molecule has 0 aromatic heterocycles. The first-order valence-electron chi connectivity index (χ1n) is 6.61. The predicted octanol–water partition coefficient (Wildman–Crippen LogP) is -1.18.